The molecule has 1 N–H and O–H groups in total. The first-order valence-corrected chi connectivity index (χ1v) is 5.16. The van der Waals surface area contributed by atoms with E-state index < -0.39 is 11.9 Å². The number of aliphatic carboxylic acids is 1. The average Bonchev–Trinajstić information content (AvgIpc) is 2.30. The van der Waals surface area contributed by atoms with Gasteiger partial charge in [-0.2, -0.15) is 0 Å². The van der Waals surface area contributed by atoms with Gasteiger partial charge in [-0.1, -0.05) is 24.3 Å². The number of carboxylic acid groups (broad SMARTS) is 1. The van der Waals surface area contributed by atoms with E-state index in [0.717, 1.165) is 11.3 Å². The summed E-state index contributed by atoms with van der Waals surface area (Å²) in [5.74, 6) is -0.523. The van der Waals surface area contributed by atoms with Gasteiger partial charge in [-0.3, -0.25) is 4.79 Å². The number of aryl methyl sites for hydroxylation is 1. The van der Waals surface area contributed by atoms with Crippen molar-refractivity contribution >= 4 is 5.97 Å². The van der Waals surface area contributed by atoms with Gasteiger partial charge in [0.2, 0.25) is 0 Å². The van der Waals surface area contributed by atoms with Crippen LogP contribution in [0.2, 0.25) is 0 Å². The molecule has 0 bridgehead atoms. The van der Waals surface area contributed by atoms with Crippen molar-refractivity contribution in [2.24, 2.45) is 5.92 Å². The third-order valence-corrected chi connectivity index (χ3v) is 2.52. The van der Waals surface area contributed by atoms with Gasteiger partial charge in [-0.25, -0.2) is 0 Å². The van der Waals surface area contributed by atoms with E-state index >= 15 is 0 Å². The Hall–Kier alpha value is -1.77. The molecule has 0 amide bonds. The van der Waals surface area contributed by atoms with E-state index in [2.05, 4.69) is 6.58 Å². The standard InChI is InChI=1S/C13H16O3/c1-3-10(13(14)15)8-9-11-6-4-5-7-12(11)16-2/h3-7,10H,1,8-9H2,2H3,(H,14,15). The van der Waals surface area contributed by atoms with Crippen molar-refractivity contribution in [3.05, 3.63) is 42.5 Å². The Kier molecular flexibility index (Phi) is 4.58. The number of ether oxygens (including phenoxy) is 1. The summed E-state index contributed by atoms with van der Waals surface area (Å²) in [5, 5.41) is 8.88. The molecule has 0 aliphatic carbocycles. The Morgan fingerprint density at radius 3 is 2.81 bits per heavy atom. The molecule has 0 saturated heterocycles. The van der Waals surface area contributed by atoms with Crippen LogP contribution in [0.3, 0.4) is 0 Å². The maximum absolute atomic E-state index is 10.8. The van der Waals surface area contributed by atoms with Crippen molar-refractivity contribution < 1.29 is 14.6 Å². The summed E-state index contributed by atoms with van der Waals surface area (Å²) >= 11 is 0. The van der Waals surface area contributed by atoms with Gasteiger partial charge in [0.1, 0.15) is 5.75 Å². The van der Waals surface area contributed by atoms with Crippen LogP contribution in [0.25, 0.3) is 0 Å². The van der Waals surface area contributed by atoms with E-state index in [1.165, 1.54) is 6.08 Å². The summed E-state index contributed by atoms with van der Waals surface area (Å²) < 4.78 is 5.20. The molecule has 0 aromatic heterocycles. The topological polar surface area (TPSA) is 46.5 Å². The molecule has 3 nitrogen and oxygen atoms in total. The second-order valence-electron chi connectivity index (χ2n) is 3.53. The van der Waals surface area contributed by atoms with Gasteiger partial charge < -0.3 is 9.84 Å². The molecular weight excluding hydrogens is 204 g/mol. The number of rotatable bonds is 6. The lowest BCUT2D eigenvalue weighted by molar-refractivity contribution is -0.140. The van der Waals surface area contributed by atoms with Crippen LogP contribution >= 0.6 is 0 Å². The monoisotopic (exact) mass is 220 g/mol. The maximum atomic E-state index is 10.8. The van der Waals surface area contributed by atoms with Crippen molar-refractivity contribution in [2.75, 3.05) is 7.11 Å². The molecule has 0 heterocycles. The summed E-state index contributed by atoms with van der Waals surface area (Å²) in [6.45, 7) is 3.53. The van der Waals surface area contributed by atoms with Crippen LogP contribution in [0, 0.1) is 5.92 Å². The minimum atomic E-state index is -0.829. The van der Waals surface area contributed by atoms with Gasteiger partial charge in [0, 0.05) is 0 Å². The van der Waals surface area contributed by atoms with E-state index in [4.69, 9.17) is 9.84 Å². The fourth-order valence-corrected chi connectivity index (χ4v) is 1.56. The normalized spacial score (nSPS) is 11.8. The highest BCUT2D eigenvalue weighted by Gasteiger charge is 2.13. The van der Waals surface area contributed by atoms with E-state index in [9.17, 15) is 4.79 Å². The summed E-state index contributed by atoms with van der Waals surface area (Å²) in [7, 11) is 1.61. The molecule has 1 aromatic rings. The Balaban J connectivity index is 2.66. The van der Waals surface area contributed by atoms with E-state index in [1.54, 1.807) is 7.11 Å². The van der Waals surface area contributed by atoms with Crippen molar-refractivity contribution in [2.45, 2.75) is 12.8 Å². The predicted molar refractivity (Wildman–Crippen MR) is 62.6 cm³/mol. The Morgan fingerprint density at radius 2 is 2.25 bits per heavy atom. The van der Waals surface area contributed by atoms with E-state index in [-0.39, 0.29) is 0 Å². The van der Waals surface area contributed by atoms with Crippen LogP contribution in [0.5, 0.6) is 5.75 Å². The first-order valence-electron chi connectivity index (χ1n) is 5.16. The van der Waals surface area contributed by atoms with Crippen molar-refractivity contribution in [1.29, 1.82) is 0 Å². The first-order chi connectivity index (χ1) is 7.69. The number of hydrogen-bond donors (Lipinski definition) is 1. The summed E-state index contributed by atoms with van der Waals surface area (Å²) in [5.41, 5.74) is 1.03. The smallest absolute Gasteiger partial charge is 0.310 e. The van der Waals surface area contributed by atoms with Crippen LogP contribution in [0.1, 0.15) is 12.0 Å². The van der Waals surface area contributed by atoms with Crippen molar-refractivity contribution in [3.8, 4) is 5.75 Å². The van der Waals surface area contributed by atoms with E-state index in [0.29, 0.717) is 12.8 Å². The first kappa shape index (κ1) is 12.3. The molecule has 16 heavy (non-hydrogen) atoms. The minimum Gasteiger partial charge on any atom is -0.496 e. The number of carboxylic acids is 1. The zero-order chi connectivity index (χ0) is 12.0. The number of hydrogen-bond acceptors (Lipinski definition) is 2. The SMILES string of the molecule is C=CC(CCc1ccccc1OC)C(=O)O. The predicted octanol–water partition coefficient (Wildman–Crippen LogP) is 2.51. The van der Waals surface area contributed by atoms with Gasteiger partial charge >= 0.3 is 5.97 Å². The molecule has 0 fully saturated rings. The van der Waals surface area contributed by atoms with Gasteiger partial charge in [-0.05, 0) is 24.5 Å². The van der Waals surface area contributed by atoms with Gasteiger partial charge in [0.05, 0.1) is 13.0 Å². The summed E-state index contributed by atoms with van der Waals surface area (Å²) in [6.07, 6.45) is 2.68. The van der Waals surface area contributed by atoms with Crippen LogP contribution in [0.15, 0.2) is 36.9 Å². The van der Waals surface area contributed by atoms with Crippen molar-refractivity contribution in [3.63, 3.8) is 0 Å². The molecule has 0 saturated carbocycles. The average molecular weight is 220 g/mol. The number of carbonyl (C=O) groups is 1. The molecule has 0 aliphatic rings. The highest BCUT2D eigenvalue weighted by molar-refractivity contribution is 5.71. The molecule has 0 radical (unpaired) electrons. The Bertz CT molecular complexity index is 371. The van der Waals surface area contributed by atoms with Gasteiger partial charge in [-0.15, -0.1) is 6.58 Å². The molecule has 1 atom stereocenters. The van der Waals surface area contributed by atoms with Gasteiger partial charge in [0.15, 0.2) is 0 Å². The third-order valence-electron chi connectivity index (χ3n) is 2.52. The zero-order valence-electron chi connectivity index (χ0n) is 9.35. The quantitative estimate of drug-likeness (QED) is 0.749. The minimum absolute atomic E-state index is 0.495. The van der Waals surface area contributed by atoms with Crippen molar-refractivity contribution in [1.82, 2.24) is 0 Å². The fraction of sp³-hybridized carbons (Fsp3) is 0.308. The molecule has 1 aromatic carbocycles. The lowest BCUT2D eigenvalue weighted by Gasteiger charge is -2.10. The Morgan fingerprint density at radius 1 is 1.56 bits per heavy atom. The fourth-order valence-electron chi connectivity index (χ4n) is 1.56. The number of para-hydroxylation sites is 1. The molecule has 86 valence electrons. The second kappa shape index (κ2) is 5.95. The molecule has 0 aliphatic heterocycles. The zero-order valence-corrected chi connectivity index (χ0v) is 9.35. The lowest BCUT2D eigenvalue weighted by atomic mass is 9.99. The lowest BCUT2D eigenvalue weighted by Crippen LogP contribution is -2.11. The second-order valence-corrected chi connectivity index (χ2v) is 3.53. The molecule has 0 spiro atoms. The van der Waals surface area contributed by atoms with Crippen LogP contribution in [0.4, 0.5) is 0 Å². The molecular formula is C13H16O3. The Labute approximate surface area is 95.4 Å². The van der Waals surface area contributed by atoms with Crippen LogP contribution in [-0.2, 0) is 11.2 Å². The number of benzene rings is 1. The highest BCUT2D eigenvalue weighted by atomic mass is 16.5. The van der Waals surface area contributed by atoms with Gasteiger partial charge in [0.25, 0.3) is 0 Å². The van der Waals surface area contributed by atoms with E-state index in [1.807, 2.05) is 24.3 Å². The largest absolute Gasteiger partial charge is 0.496 e. The molecule has 3 heteroatoms. The van der Waals surface area contributed by atoms with Crippen LogP contribution in [-0.4, -0.2) is 18.2 Å². The summed E-state index contributed by atoms with van der Waals surface area (Å²) in [4.78, 5) is 10.8. The number of methoxy groups -OCH3 is 1. The molecule has 1 unspecified atom stereocenters. The summed E-state index contributed by atoms with van der Waals surface area (Å²) in [6, 6.07) is 7.63. The maximum Gasteiger partial charge on any atom is 0.310 e. The highest BCUT2D eigenvalue weighted by Crippen LogP contribution is 2.21. The molecule has 1 rings (SSSR count). The third kappa shape index (κ3) is 3.12. The van der Waals surface area contributed by atoms with Crippen LogP contribution < -0.4 is 4.74 Å².